The van der Waals surface area contributed by atoms with Crippen molar-refractivity contribution in [3.63, 3.8) is 0 Å². The van der Waals surface area contributed by atoms with Crippen LogP contribution in [0.1, 0.15) is 6.92 Å². The smallest absolute Gasteiger partial charge is 0.342 e. The van der Waals surface area contributed by atoms with E-state index < -0.39 is 39.9 Å². The zero-order chi connectivity index (χ0) is 17.8. The lowest BCUT2D eigenvalue weighted by Gasteiger charge is -2.41. The predicted molar refractivity (Wildman–Crippen MR) is 102 cm³/mol. The molecule has 0 bridgehead atoms. The number of ether oxygens (including phenoxy) is 1. The van der Waals surface area contributed by atoms with Gasteiger partial charge in [-0.25, -0.2) is 0 Å². The molecule has 0 heterocycles. The van der Waals surface area contributed by atoms with Crippen molar-refractivity contribution in [3.05, 3.63) is 0 Å². The second-order valence-corrected chi connectivity index (χ2v) is 24.7. The Balaban J connectivity index is 4.98. The van der Waals surface area contributed by atoms with Gasteiger partial charge in [-0.1, -0.05) is 0 Å². The van der Waals surface area contributed by atoms with Crippen molar-refractivity contribution >= 4 is 33.8 Å². The number of rotatable bonds is 10. The van der Waals surface area contributed by atoms with Crippen LogP contribution in [0.3, 0.4) is 0 Å². The summed E-state index contributed by atoms with van der Waals surface area (Å²) in [5, 5.41) is 9.37. The standard InChI is InChI=1S/C13H36O5Si4/c1-13(14)11-15-12-22(10,17-20(5,6)7)18-21(8,9)16-19(2,3)4/h13-14H,11-12H2,1-10H3. The minimum Gasteiger partial charge on any atom is -0.437 e. The number of aliphatic hydroxyl groups is 1. The minimum atomic E-state index is -2.50. The van der Waals surface area contributed by atoms with E-state index >= 15 is 0 Å². The maximum Gasteiger partial charge on any atom is 0.342 e. The molecular formula is C13H36O5Si4. The molecule has 2 unspecified atom stereocenters. The molecule has 0 aliphatic carbocycles. The van der Waals surface area contributed by atoms with E-state index in [0.717, 1.165) is 0 Å². The first-order valence-corrected chi connectivity index (χ1v) is 20.1. The molecule has 134 valence electrons. The molecule has 0 saturated carbocycles. The van der Waals surface area contributed by atoms with Crippen molar-refractivity contribution in [1.29, 1.82) is 0 Å². The fourth-order valence-electron chi connectivity index (χ4n) is 2.42. The van der Waals surface area contributed by atoms with Gasteiger partial charge < -0.3 is 22.2 Å². The Morgan fingerprint density at radius 1 is 0.773 bits per heavy atom. The van der Waals surface area contributed by atoms with Crippen LogP contribution in [0.4, 0.5) is 0 Å². The van der Waals surface area contributed by atoms with Gasteiger partial charge in [0.1, 0.15) is 0 Å². The van der Waals surface area contributed by atoms with Gasteiger partial charge in [0.15, 0.2) is 16.6 Å². The Bertz CT molecular complexity index is 338. The van der Waals surface area contributed by atoms with Crippen LogP contribution in [-0.2, 0) is 17.1 Å². The van der Waals surface area contributed by atoms with E-state index in [4.69, 9.17) is 17.1 Å². The Morgan fingerprint density at radius 3 is 1.59 bits per heavy atom. The summed E-state index contributed by atoms with van der Waals surface area (Å²) in [6, 6.07) is 0. The van der Waals surface area contributed by atoms with E-state index in [9.17, 15) is 5.11 Å². The van der Waals surface area contributed by atoms with Crippen LogP contribution in [0.5, 0.6) is 0 Å². The van der Waals surface area contributed by atoms with Crippen LogP contribution >= 0.6 is 0 Å². The van der Waals surface area contributed by atoms with E-state index in [-0.39, 0.29) is 0 Å². The summed E-state index contributed by atoms with van der Waals surface area (Å²) in [5.74, 6) is 0. The van der Waals surface area contributed by atoms with Crippen LogP contribution in [0.2, 0.25) is 58.9 Å². The second-order valence-electron chi connectivity index (χ2n) is 8.43. The van der Waals surface area contributed by atoms with Gasteiger partial charge in [0.2, 0.25) is 0 Å². The third-order valence-corrected chi connectivity index (χ3v) is 15.3. The average molecular weight is 385 g/mol. The molecule has 0 aromatic rings. The summed E-state index contributed by atoms with van der Waals surface area (Å²) in [6.45, 7) is 21.2. The van der Waals surface area contributed by atoms with Gasteiger partial charge in [-0.3, -0.25) is 0 Å². The quantitative estimate of drug-likeness (QED) is 0.585. The van der Waals surface area contributed by atoms with Gasteiger partial charge >= 0.3 is 17.1 Å². The fraction of sp³-hybridized carbons (Fsp3) is 1.00. The van der Waals surface area contributed by atoms with Crippen LogP contribution in [0.25, 0.3) is 0 Å². The Morgan fingerprint density at radius 2 is 1.23 bits per heavy atom. The van der Waals surface area contributed by atoms with E-state index in [1.165, 1.54) is 0 Å². The van der Waals surface area contributed by atoms with Crippen molar-refractivity contribution in [2.24, 2.45) is 0 Å². The van der Waals surface area contributed by atoms with Crippen molar-refractivity contribution in [2.45, 2.75) is 72.0 Å². The summed E-state index contributed by atoms with van der Waals surface area (Å²) in [5.41, 5.74) is 0. The van der Waals surface area contributed by atoms with Gasteiger partial charge in [-0.15, -0.1) is 0 Å². The lowest BCUT2D eigenvalue weighted by molar-refractivity contribution is 0.0562. The molecule has 9 heteroatoms. The Hall–Kier alpha value is 0.668. The fourth-order valence-corrected chi connectivity index (χ4v) is 19.7. The highest BCUT2D eigenvalue weighted by atomic mass is 28.5. The number of aliphatic hydroxyl groups excluding tert-OH is 1. The Labute approximate surface area is 141 Å². The third kappa shape index (κ3) is 12.1. The normalized spacial score (nSPS) is 18.1. The van der Waals surface area contributed by atoms with Crippen LogP contribution in [0.15, 0.2) is 0 Å². The average Bonchev–Trinajstić information content (AvgIpc) is 2.05. The molecule has 0 rings (SSSR count). The second kappa shape index (κ2) is 8.17. The van der Waals surface area contributed by atoms with Crippen LogP contribution in [0, 0.1) is 0 Å². The maximum absolute atomic E-state index is 9.37. The van der Waals surface area contributed by atoms with Crippen molar-refractivity contribution in [3.8, 4) is 0 Å². The summed E-state index contributed by atoms with van der Waals surface area (Å²) in [4.78, 5) is 0. The zero-order valence-electron chi connectivity index (χ0n) is 16.1. The van der Waals surface area contributed by atoms with Crippen molar-refractivity contribution < 1.29 is 22.2 Å². The molecule has 2 atom stereocenters. The van der Waals surface area contributed by atoms with Gasteiger partial charge in [0, 0.05) is 0 Å². The summed E-state index contributed by atoms with van der Waals surface area (Å²) in [7, 11) is -8.19. The van der Waals surface area contributed by atoms with Crippen molar-refractivity contribution in [1.82, 2.24) is 0 Å². The van der Waals surface area contributed by atoms with E-state index in [1.807, 2.05) is 0 Å². The highest BCUT2D eigenvalue weighted by Crippen LogP contribution is 2.24. The monoisotopic (exact) mass is 384 g/mol. The Kier molecular flexibility index (Phi) is 8.41. The first-order valence-electron chi connectivity index (χ1n) is 7.90. The van der Waals surface area contributed by atoms with Gasteiger partial charge in [-0.2, -0.15) is 0 Å². The van der Waals surface area contributed by atoms with Crippen LogP contribution in [-0.4, -0.2) is 57.8 Å². The molecule has 0 aromatic carbocycles. The molecule has 0 fully saturated rings. The number of hydrogen-bond donors (Lipinski definition) is 1. The van der Waals surface area contributed by atoms with Gasteiger partial charge in [-0.05, 0) is 65.8 Å². The highest BCUT2D eigenvalue weighted by Gasteiger charge is 2.44. The minimum absolute atomic E-state index is 0.303. The molecule has 0 aromatic heterocycles. The molecule has 0 saturated heterocycles. The summed E-state index contributed by atoms with van der Waals surface area (Å²) >= 11 is 0. The zero-order valence-corrected chi connectivity index (χ0v) is 20.1. The number of hydrogen-bond acceptors (Lipinski definition) is 5. The predicted octanol–water partition coefficient (Wildman–Crippen LogP) is 3.42. The van der Waals surface area contributed by atoms with E-state index in [0.29, 0.717) is 12.8 Å². The third-order valence-electron chi connectivity index (χ3n) is 2.26. The van der Waals surface area contributed by atoms with E-state index in [2.05, 4.69) is 58.9 Å². The molecule has 22 heavy (non-hydrogen) atoms. The molecule has 0 amide bonds. The largest absolute Gasteiger partial charge is 0.437 e. The summed E-state index contributed by atoms with van der Waals surface area (Å²) in [6.07, 6.45) is -0.0539. The SMILES string of the molecule is CC(O)COC[Si](C)(O[Si](C)(C)C)O[Si](C)(C)O[Si](C)(C)C. The first-order chi connectivity index (χ1) is 9.54. The first kappa shape index (κ1) is 22.7. The molecule has 1 N–H and O–H groups in total. The molecule has 0 radical (unpaired) electrons. The lowest BCUT2D eigenvalue weighted by Crippen LogP contribution is -2.59. The molecule has 0 aliphatic heterocycles. The lowest BCUT2D eigenvalue weighted by atomic mass is 10.5. The van der Waals surface area contributed by atoms with Gasteiger partial charge in [0.05, 0.1) is 18.9 Å². The van der Waals surface area contributed by atoms with Crippen molar-refractivity contribution in [2.75, 3.05) is 12.8 Å². The topological polar surface area (TPSA) is 57.2 Å². The van der Waals surface area contributed by atoms with E-state index in [1.54, 1.807) is 6.92 Å². The van der Waals surface area contributed by atoms with Gasteiger partial charge in [0.25, 0.3) is 0 Å². The van der Waals surface area contributed by atoms with Crippen LogP contribution < -0.4 is 0 Å². The summed E-state index contributed by atoms with van der Waals surface area (Å²) < 4.78 is 24.8. The molecule has 5 nitrogen and oxygen atoms in total. The maximum atomic E-state index is 9.37. The molecule has 0 spiro atoms. The molecular weight excluding hydrogens is 348 g/mol. The highest BCUT2D eigenvalue weighted by molar-refractivity contribution is 6.89. The molecule has 0 aliphatic rings.